The molecule has 0 aromatic heterocycles. The van der Waals surface area contributed by atoms with Crippen molar-refractivity contribution in [1.29, 1.82) is 0 Å². The molecule has 2 aliphatic rings. The lowest BCUT2D eigenvalue weighted by Gasteiger charge is -2.32. The highest BCUT2D eigenvalue weighted by Gasteiger charge is 2.27. The average Bonchev–Trinajstić information content (AvgIpc) is 2.67. The number of rotatable bonds is 1. The molecule has 0 radical (unpaired) electrons. The maximum Gasteiger partial charge on any atom is 0.0439 e. The van der Waals surface area contributed by atoms with Gasteiger partial charge in [0, 0.05) is 23.8 Å². The third-order valence-corrected chi connectivity index (χ3v) is 4.53. The van der Waals surface area contributed by atoms with Crippen molar-refractivity contribution < 1.29 is 0 Å². The van der Waals surface area contributed by atoms with Gasteiger partial charge in [-0.3, -0.25) is 0 Å². The quantitative estimate of drug-likeness (QED) is 0.695. The van der Waals surface area contributed by atoms with Crippen molar-refractivity contribution in [1.82, 2.24) is 4.90 Å². The second kappa shape index (κ2) is 5.17. The van der Waals surface area contributed by atoms with Gasteiger partial charge in [-0.25, -0.2) is 0 Å². The lowest BCUT2D eigenvalue weighted by Crippen LogP contribution is -2.30. The second-order valence-corrected chi connectivity index (χ2v) is 5.73. The molecule has 0 amide bonds. The van der Waals surface area contributed by atoms with Crippen LogP contribution in [0.3, 0.4) is 0 Å². The van der Waals surface area contributed by atoms with Gasteiger partial charge < -0.3 is 4.90 Å². The molecule has 1 saturated carbocycles. The molecule has 0 spiro atoms. The van der Waals surface area contributed by atoms with Gasteiger partial charge in [0.05, 0.1) is 0 Å². The van der Waals surface area contributed by atoms with Crippen molar-refractivity contribution in [3.8, 4) is 0 Å². The van der Waals surface area contributed by atoms with E-state index < -0.39 is 0 Å². The summed E-state index contributed by atoms with van der Waals surface area (Å²) in [6.45, 7) is 5.42. The Hall–Kier alpha value is -1.24. The molecule has 1 aliphatic carbocycles. The van der Waals surface area contributed by atoms with E-state index in [1.54, 1.807) is 0 Å². The fraction of sp³-hybridized carbons (Fsp3) is 0.529. The maximum absolute atomic E-state index is 4.33. The van der Waals surface area contributed by atoms with Gasteiger partial charge in [0.2, 0.25) is 0 Å². The SMILES string of the molecule is C=C1c2ccccc2CN1C1CCCCCCC1. The lowest BCUT2D eigenvalue weighted by molar-refractivity contribution is 0.247. The van der Waals surface area contributed by atoms with E-state index >= 15 is 0 Å². The monoisotopic (exact) mass is 241 g/mol. The molecule has 1 aliphatic heterocycles. The second-order valence-electron chi connectivity index (χ2n) is 5.73. The lowest BCUT2D eigenvalue weighted by atomic mass is 9.95. The van der Waals surface area contributed by atoms with Crippen LogP contribution >= 0.6 is 0 Å². The fourth-order valence-electron chi connectivity index (χ4n) is 3.47. The van der Waals surface area contributed by atoms with Crippen LogP contribution in [-0.4, -0.2) is 10.9 Å². The third-order valence-electron chi connectivity index (χ3n) is 4.53. The van der Waals surface area contributed by atoms with Crippen molar-refractivity contribution in [3.63, 3.8) is 0 Å². The maximum atomic E-state index is 4.33. The van der Waals surface area contributed by atoms with Crippen LogP contribution in [0.5, 0.6) is 0 Å². The van der Waals surface area contributed by atoms with Crippen molar-refractivity contribution in [2.45, 2.75) is 57.5 Å². The van der Waals surface area contributed by atoms with Crippen molar-refractivity contribution in [2.75, 3.05) is 0 Å². The third kappa shape index (κ3) is 2.19. The van der Waals surface area contributed by atoms with Gasteiger partial charge in [-0.1, -0.05) is 62.9 Å². The molecular formula is C17H23N. The first-order valence-electron chi connectivity index (χ1n) is 7.40. The molecule has 0 bridgehead atoms. The summed E-state index contributed by atoms with van der Waals surface area (Å²) >= 11 is 0. The van der Waals surface area contributed by atoms with Crippen LogP contribution < -0.4 is 0 Å². The van der Waals surface area contributed by atoms with E-state index in [2.05, 4.69) is 35.7 Å². The van der Waals surface area contributed by atoms with Crippen molar-refractivity contribution in [2.24, 2.45) is 0 Å². The number of nitrogens with zero attached hydrogens (tertiary/aromatic N) is 1. The zero-order valence-corrected chi connectivity index (χ0v) is 11.2. The average molecular weight is 241 g/mol. The molecule has 3 rings (SSSR count). The van der Waals surface area contributed by atoms with E-state index in [9.17, 15) is 0 Å². The molecule has 0 saturated heterocycles. The molecule has 96 valence electrons. The van der Waals surface area contributed by atoms with Crippen LogP contribution in [0.4, 0.5) is 0 Å². The summed E-state index contributed by atoms with van der Waals surface area (Å²) in [5.74, 6) is 0. The van der Waals surface area contributed by atoms with Gasteiger partial charge in [0.1, 0.15) is 0 Å². The summed E-state index contributed by atoms with van der Waals surface area (Å²) in [5.41, 5.74) is 4.10. The van der Waals surface area contributed by atoms with Gasteiger partial charge >= 0.3 is 0 Å². The highest BCUT2D eigenvalue weighted by molar-refractivity contribution is 5.69. The first-order valence-corrected chi connectivity index (χ1v) is 7.40. The highest BCUT2D eigenvalue weighted by Crippen LogP contribution is 2.36. The van der Waals surface area contributed by atoms with Crippen LogP contribution in [-0.2, 0) is 6.54 Å². The zero-order chi connectivity index (χ0) is 12.4. The van der Waals surface area contributed by atoms with Gasteiger partial charge in [0.25, 0.3) is 0 Å². The molecule has 18 heavy (non-hydrogen) atoms. The van der Waals surface area contributed by atoms with Gasteiger partial charge in [-0.15, -0.1) is 0 Å². The van der Waals surface area contributed by atoms with Crippen LogP contribution in [0.15, 0.2) is 30.8 Å². The Labute approximate surface area is 111 Å². The molecule has 1 fully saturated rings. The molecule has 1 heteroatoms. The molecule has 1 aromatic carbocycles. The molecule has 0 unspecified atom stereocenters. The van der Waals surface area contributed by atoms with E-state index in [1.807, 2.05) is 0 Å². The highest BCUT2D eigenvalue weighted by atomic mass is 15.2. The van der Waals surface area contributed by atoms with Crippen LogP contribution in [0.1, 0.15) is 56.1 Å². The van der Waals surface area contributed by atoms with E-state index in [0.717, 1.165) is 12.6 Å². The van der Waals surface area contributed by atoms with Gasteiger partial charge in [-0.05, 0) is 18.4 Å². The molecule has 1 aromatic rings. The smallest absolute Gasteiger partial charge is 0.0439 e. The molecule has 1 nitrogen and oxygen atoms in total. The number of fused-ring (bicyclic) bond motifs is 1. The topological polar surface area (TPSA) is 3.24 Å². The van der Waals surface area contributed by atoms with E-state index in [0.29, 0.717) is 0 Å². The predicted molar refractivity (Wildman–Crippen MR) is 77.1 cm³/mol. The largest absolute Gasteiger partial charge is 0.364 e. The van der Waals surface area contributed by atoms with Gasteiger partial charge in [0.15, 0.2) is 0 Å². The molecule has 0 atom stereocenters. The summed E-state index contributed by atoms with van der Waals surface area (Å²) in [5, 5.41) is 0. The first kappa shape index (κ1) is 11.8. The summed E-state index contributed by atoms with van der Waals surface area (Å²) in [7, 11) is 0. The van der Waals surface area contributed by atoms with Crippen molar-refractivity contribution >= 4 is 5.70 Å². The van der Waals surface area contributed by atoms with E-state index in [1.165, 1.54) is 61.8 Å². The minimum atomic E-state index is 0.727. The fourth-order valence-corrected chi connectivity index (χ4v) is 3.47. The summed E-state index contributed by atoms with van der Waals surface area (Å²) < 4.78 is 0. The molecule has 1 heterocycles. The summed E-state index contributed by atoms with van der Waals surface area (Å²) in [4.78, 5) is 2.57. The van der Waals surface area contributed by atoms with E-state index in [4.69, 9.17) is 0 Å². The Morgan fingerprint density at radius 2 is 1.61 bits per heavy atom. The number of hydrogen-bond acceptors (Lipinski definition) is 1. The Bertz CT molecular complexity index is 427. The van der Waals surface area contributed by atoms with Gasteiger partial charge in [-0.2, -0.15) is 0 Å². The first-order chi connectivity index (χ1) is 8.86. The van der Waals surface area contributed by atoms with Crippen LogP contribution in [0.25, 0.3) is 5.70 Å². The van der Waals surface area contributed by atoms with Crippen LogP contribution in [0, 0.1) is 0 Å². The zero-order valence-electron chi connectivity index (χ0n) is 11.2. The minimum Gasteiger partial charge on any atom is -0.364 e. The predicted octanol–water partition coefficient (Wildman–Crippen LogP) is 4.59. The standard InChI is InChI=1S/C17H23N/c1-14-17-12-8-7-9-15(17)13-18(14)16-10-5-3-2-4-6-11-16/h7-9,12,16H,1-6,10-11,13H2. The Kier molecular flexibility index (Phi) is 3.40. The van der Waals surface area contributed by atoms with Crippen LogP contribution in [0.2, 0.25) is 0 Å². The van der Waals surface area contributed by atoms with Crippen molar-refractivity contribution in [3.05, 3.63) is 42.0 Å². The molecular weight excluding hydrogens is 218 g/mol. The Morgan fingerprint density at radius 3 is 2.33 bits per heavy atom. The normalized spacial score (nSPS) is 21.6. The Balaban J connectivity index is 1.76. The Morgan fingerprint density at radius 1 is 0.944 bits per heavy atom. The number of benzene rings is 1. The van der Waals surface area contributed by atoms with E-state index in [-0.39, 0.29) is 0 Å². The summed E-state index contributed by atoms with van der Waals surface area (Å²) in [6, 6.07) is 9.48. The molecule has 0 N–H and O–H groups in total. The summed E-state index contributed by atoms with van der Waals surface area (Å²) in [6.07, 6.45) is 9.77. The number of hydrogen-bond donors (Lipinski definition) is 0. The minimum absolute atomic E-state index is 0.727.